The summed E-state index contributed by atoms with van der Waals surface area (Å²) in [5.41, 5.74) is 1.02. The van der Waals surface area contributed by atoms with Crippen LogP contribution in [0, 0.1) is 55.1 Å². The fraction of sp³-hybridized carbons (Fsp3) is 0.750. The summed E-state index contributed by atoms with van der Waals surface area (Å²) in [6, 6.07) is 1.66. The molecule has 1 aromatic carbocycles. The Hall–Kier alpha value is -1.12. The fourth-order valence-corrected chi connectivity index (χ4v) is 5.39. The molecule has 27 heavy (non-hydrogen) atoms. The van der Waals surface area contributed by atoms with E-state index < -0.39 is 11.6 Å². The summed E-state index contributed by atoms with van der Waals surface area (Å²) in [5.74, 6) is 2.49. The van der Waals surface area contributed by atoms with Crippen LogP contribution in [0.5, 0.6) is 5.75 Å². The molecule has 0 bridgehead atoms. The molecule has 0 saturated heterocycles. The van der Waals surface area contributed by atoms with Gasteiger partial charge in [-0.15, -0.1) is 0 Å². The van der Waals surface area contributed by atoms with E-state index in [4.69, 9.17) is 4.74 Å². The molecule has 0 unspecified atom stereocenters. The molecule has 0 N–H and O–H groups in total. The monoisotopic (exact) mass is 378 g/mol. The standard InChI is InChI=1S/C24H36F2O/c1-15(2)19-9-11-21(12-10-19)20-7-5-18(6-8-20)14-27-24-17(4)13-16(3)22(25)23(24)26/h13,15,18-21H,5-12,14H2,1-4H3. The number of benzene rings is 1. The molecular weight excluding hydrogens is 342 g/mol. The van der Waals surface area contributed by atoms with Crippen LogP contribution in [0.3, 0.4) is 0 Å². The average molecular weight is 379 g/mol. The highest BCUT2D eigenvalue weighted by Crippen LogP contribution is 2.43. The molecule has 152 valence electrons. The van der Waals surface area contributed by atoms with Crippen molar-refractivity contribution in [1.82, 2.24) is 0 Å². The summed E-state index contributed by atoms with van der Waals surface area (Å²) in [6.07, 6.45) is 10.5. The third-order valence-electron chi connectivity index (χ3n) is 7.31. The van der Waals surface area contributed by atoms with E-state index in [1.165, 1.54) is 38.5 Å². The fourth-order valence-electron chi connectivity index (χ4n) is 5.39. The quantitative estimate of drug-likeness (QED) is 0.525. The maximum absolute atomic E-state index is 14.2. The van der Waals surface area contributed by atoms with Gasteiger partial charge in [0.25, 0.3) is 0 Å². The van der Waals surface area contributed by atoms with Crippen molar-refractivity contribution in [1.29, 1.82) is 0 Å². The van der Waals surface area contributed by atoms with E-state index in [2.05, 4.69) is 13.8 Å². The van der Waals surface area contributed by atoms with Crippen LogP contribution in [0.15, 0.2) is 6.07 Å². The zero-order valence-electron chi connectivity index (χ0n) is 17.5. The highest BCUT2D eigenvalue weighted by Gasteiger charge is 2.32. The van der Waals surface area contributed by atoms with Crippen LogP contribution in [0.1, 0.15) is 76.3 Å². The molecule has 1 nitrogen and oxygen atoms in total. The molecule has 0 aromatic heterocycles. The molecule has 0 amide bonds. The zero-order chi connectivity index (χ0) is 19.6. The van der Waals surface area contributed by atoms with Crippen molar-refractivity contribution in [3.05, 3.63) is 28.8 Å². The second-order valence-corrected chi connectivity index (χ2v) is 9.48. The van der Waals surface area contributed by atoms with Crippen LogP contribution in [0.2, 0.25) is 0 Å². The molecule has 2 fully saturated rings. The van der Waals surface area contributed by atoms with Crippen molar-refractivity contribution in [2.75, 3.05) is 6.61 Å². The van der Waals surface area contributed by atoms with Gasteiger partial charge in [0.05, 0.1) is 6.61 Å². The summed E-state index contributed by atoms with van der Waals surface area (Å²) in [6.45, 7) is 8.61. The number of halogens is 2. The van der Waals surface area contributed by atoms with Crippen LogP contribution >= 0.6 is 0 Å². The van der Waals surface area contributed by atoms with E-state index in [1.807, 2.05) is 0 Å². The lowest BCUT2D eigenvalue weighted by Gasteiger charge is -2.38. The van der Waals surface area contributed by atoms with Crippen molar-refractivity contribution in [3.8, 4) is 5.75 Å². The molecule has 0 radical (unpaired) electrons. The van der Waals surface area contributed by atoms with Gasteiger partial charge in [-0.2, -0.15) is 4.39 Å². The van der Waals surface area contributed by atoms with Gasteiger partial charge in [0.1, 0.15) is 0 Å². The van der Waals surface area contributed by atoms with Crippen LogP contribution in [-0.2, 0) is 0 Å². The van der Waals surface area contributed by atoms with Gasteiger partial charge in [-0.1, -0.05) is 13.8 Å². The van der Waals surface area contributed by atoms with Crippen molar-refractivity contribution < 1.29 is 13.5 Å². The minimum absolute atomic E-state index is 0.104. The highest BCUT2D eigenvalue weighted by molar-refractivity contribution is 5.38. The molecule has 3 heteroatoms. The predicted octanol–water partition coefficient (Wildman–Crippen LogP) is 7.23. The van der Waals surface area contributed by atoms with Gasteiger partial charge < -0.3 is 4.74 Å². The lowest BCUT2D eigenvalue weighted by molar-refractivity contribution is 0.113. The highest BCUT2D eigenvalue weighted by atomic mass is 19.2. The normalized spacial score (nSPS) is 29.1. The Labute approximate surface area is 163 Å². The Morgan fingerprint density at radius 1 is 0.852 bits per heavy atom. The number of hydrogen-bond donors (Lipinski definition) is 0. The SMILES string of the molecule is Cc1cc(C)c(OCC2CCC(C3CCC(C(C)C)CC3)CC2)c(F)c1F. The molecule has 2 saturated carbocycles. The van der Waals surface area contributed by atoms with Crippen molar-refractivity contribution in [3.63, 3.8) is 0 Å². The van der Waals surface area contributed by atoms with Crippen LogP contribution in [-0.4, -0.2) is 6.61 Å². The van der Waals surface area contributed by atoms with Gasteiger partial charge in [-0.3, -0.25) is 0 Å². The van der Waals surface area contributed by atoms with E-state index >= 15 is 0 Å². The first-order valence-electron chi connectivity index (χ1n) is 10.9. The van der Waals surface area contributed by atoms with E-state index in [0.717, 1.165) is 36.5 Å². The molecule has 0 aliphatic heterocycles. The number of rotatable bonds is 5. The van der Waals surface area contributed by atoms with Crippen molar-refractivity contribution in [2.24, 2.45) is 29.6 Å². The van der Waals surface area contributed by atoms with Crippen LogP contribution in [0.25, 0.3) is 0 Å². The number of hydrogen-bond acceptors (Lipinski definition) is 1. The molecule has 0 heterocycles. The first-order chi connectivity index (χ1) is 12.9. The molecular formula is C24H36F2O. The van der Waals surface area contributed by atoms with Crippen molar-refractivity contribution >= 4 is 0 Å². The molecule has 2 aliphatic rings. The lowest BCUT2D eigenvalue weighted by Crippen LogP contribution is -2.28. The molecule has 0 spiro atoms. The third kappa shape index (κ3) is 4.84. The minimum atomic E-state index is -0.830. The molecule has 3 rings (SSSR count). The summed E-state index contributed by atoms with van der Waals surface area (Å²) >= 11 is 0. The van der Waals surface area contributed by atoms with E-state index in [9.17, 15) is 8.78 Å². The smallest absolute Gasteiger partial charge is 0.201 e. The summed E-state index contributed by atoms with van der Waals surface area (Å²) in [7, 11) is 0. The van der Waals surface area contributed by atoms with Gasteiger partial charge in [-0.05, 0) is 112 Å². The number of aryl methyl sites for hydroxylation is 2. The maximum atomic E-state index is 14.2. The summed E-state index contributed by atoms with van der Waals surface area (Å²) in [4.78, 5) is 0. The van der Waals surface area contributed by atoms with Gasteiger partial charge in [0.15, 0.2) is 11.6 Å². The predicted molar refractivity (Wildman–Crippen MR) is 107 cm³/mol. The minimum Gasteiger partial charge on any atom is -0.490 e. The number of ether oxygens (including phenoxy) is 1. The van der Waals surface area contributed by atoms with Gasteiger partial charge in [0, 0.05) is 0 Å². The first kappa shape index (κ1) is 20.6. The lowest BCUT2D eigenvalue weighted by atomic mass is 9.68. The Morgan fingerprint density at radius 3 is 1.96 bits per heavy atom. The maximum Gasteiger partial charge on any atom is 0.201 e. The van der Waals surface area contributed by atoms with Gasteiger partial charge in [-0.25, -0.2) is 4.39 Å². The molecule has 1 aromatic rings. The Kier molecular flexibility index (Phi) is 6.81. The Balaban J connectivity index is 1.46. The first-order valence-corrected chi connectivity index (χ1v) is 10.9. The topological polar surface area (TPSA) is 9.23 Å². The molecule has 0 atom stereocenters. The summed E-state index contributed by atoms with van der Waals surface area (Å²) in [5, 5.41) is 0. The summed E-state index contributed by atoms with van der Waals surface area (Å²) < 4.78 is 33.7. The Morgan fingerprint density at radius 2 is 1.41 bits per heavy atom. The third-order valence-corrected chi connectivity index (χ3v) is 7.31. The molecule has 2 aliphatic carbocycles. The van der Waals surface area contributed by atoms with E-state index in [-0.39, 0.29) is 5.75 Å². The van der Waals surface area contributed by atoms with Crippen molar-refractivity contribution in [2.45, 2.75) is 79.1 Å². The van der Waals surface area contributed by atoms with Crippen LogP contribution in [0.4, 0.5) is 8.78 Å². The Bertz CT molecular complexity index is 624. The van der Waals surface area contributed by atoms with Crippen LogP contribution < -0.4 is 4.74 Å². The van der Waals surface area contributed by atoms with Gasteiger partial charge >= 0.3 is 0 Å². The average Bonchev–Trinajstić information content (AvgIpc) is 2.66. The van der Waals surface area contributed by atoms with E-state index in [0.29, 0.717) is 23.7 Å². The van der Waals surface area contributed by atoms with Gasteiger partial charge in [0.2, 0.25) is 5.82 Å². The van der Waals surface area contributed by atoms with E-state index in [1.54, 1.807) is 19.9 Å². The second-order valence-electron chi connectivity index (χ2n) is 9.48. The zero-order valence-corrected chi connectivity index (χ0v) is 17.5. The second kappa shape index (κ2) is 8.92. The largest absolute Gasteiger partial charge is 0.490 e.